The summed E-state index contributed by atoms with van der Waals surface area (Å²) < 4.78 is 46.7. The van der Waals surface area contributed by atoms with Crippen LogP contribution in [0.5, 0.6) is 0 Å². The summed E-state index contributed by atoms with van der Waals surface area (Å²) in [5, 5.41) is 0. The Hall–Kier alpha value is -1.80. The minimum atomic E-state index is -3.63. The zero-order valence-corrected chi connectivity index (χ0v) is 16.5. The number of hydrogen-bond acceptors (Lipinski definition) is 4. The lowest BCUT2D eigenvalue weighted by molar-refractivity contribution is 0.113. The molecule has 2 aromatic carbocycles. The summed E-state index contributed by atoms with van der Waals surface area (Å²) in [7, 11) is 0.304. The molecule has 7 heteroatoms. The molecule has 27 heavy (non-hydrogen) atoms. The van der Waals surface area contributed by atoms with Crippen LogP contribution >= 0.6 is 0 Å². The van der Waals surface area contributed by atoms with E-state index in [1.807, 2.05) is 25.1 Å². The van der Waals surface area contributed by atoms with E-state index in [1.165, 1.54) is 16.4 Å². The van der Waals surface area contributed by atoms with Crippen LogP contribution in [0.15, 0.2) is 53.4 Å². The average molecular weight is 392 g/mol. The quantitative estimate of drug-likeness (QED) is 0.785. The van der Waals surface area contributed by atoms with Crippen molar-refractivity contribution in [2.75, 3.05) is 46.9 Å². The van der Waals surface area contributed by atoms with Crippen molar-refractivity contribution in [3.05, 3.63) is 54.3 Å². The first-order chi connectivity index (χ1) is 12.9. The molecule has 0 spiro atoms. The number of ether oxygens (including phenoxy) is 1. The molecule has 0 bridgehead atoms. The van der Waals surface area contributed by atoms with E-state index in [1.54, 1.807) is 30.3 Å². The van der Waals surface area contributed by atoms with Gasteiger partial charge >= 0.3 is 0 Å². The summed E-state index contributed by atoms with van der Waals surface area (Å²) in [4.78, 5) is 2.29. The smallest absolute Gasteiger partial charge is 0.243 e. The topological polar surface area (TPSA) is 49.9 Å². The first-order valence-corrected chi connectivity index (χ1v) is 10.4. The van der Waals surface area contributed by atoms with Crippen molar-refractivity contribution in [2.24, 2.45) is 5.92 Å². The third kappa shape index (κ3) is 4.93. The van der Waals surface area contributed by atoms with Gasteiger partial charge in [-0.1, -0.05) is 24.3 Å². The first-order valence-electron chi connectivity index (χ1n) is 8.95. The highest BCUT2D eigenvalue weighted by molar-refractivity contribution is 7.89. The molecule has 1 saturated heterocycles. The van der Waals surface area contributed by atoms with Crippen LogP contribution in [-0.4, -0.2) is 64.6 Å². The van der Waals surface area contributed by atoms with E-state index in [9.17, 15) is 12.8 Å². The Morgan fingerprint density at radius 3 is 2.59 bits per heavy atom. The molecule has 1 aliphatic heterocycles. The van der Waals surface area contributed by atoms with E-state index in [0.717, 1.165) is 17.7 Å². The molecule has 1 aliphatic rings. The maximum atomic E-state index is 13.2. The Morgan fingerprint density at radius 2 is 1.89 bits per heavy atom. The van der Waals surface area contributed by atoms with Crippen LogP contribution < -0.4 is 0 Å². The number of hydrogen-bond donors (Lipinski definition) is 0. The minimum absolute atomic E-state index is 0.123. The van der Waals surface area contributed by atoms with E-state index in [0.29, 0.717) is 26.3 Å². The van der Waals surface area contributed by atoms with E-state index < -0.39 is 10.0 Å². The van der Waals surface area contributed by atoms with Crippen molar-refractivity contribution in [2.45, 2.75) is 4.90 Å². The summed E-state index contributed by atoms with van der Waals surface area (Å²) in [5.74, 6) is -0.198. The molecule has 1 atom stereocenters. The highest BCUT2D eigenvalue weighted by atomic mass is 32.2. The number of nitrogens with zero attached hydrogens (tertiary/aromatic N) is 2. The molecule has 1 fully saturated rings. The largest absolute Gasteiger partial charge is 0.380 e. The Kier molecular flexibility index (Phi) is 6.26. The molecule has 1 heterocycles. The Morgan fingerprint density at radius 1 is 1.15 bits per heavy atom. The van der Waals surface area contributed by atoms with Crippen molar-refractivity contribution in [3.8, 4) is 11.1 Å². The lowest BCUT2D eigenvalue weighted by Crippen LogP contribution is -2.38. The van der Waals surface area contributed by atoms with Gasteiger partial charge in [-0.3, -0.25) is 0 Å². The predicted octanol–water partition coefficient (Wildman–Crippen LogP) is 2.69. The van der Waals surface area contributed by atoms with Crippen LogP contribution in [0.25, 0.3) is 11.1 Å². The number of sulfonamides is 1. The van der Waals surface area contributed by atoms with E-state index in [-0.39, 0.29) is 16.6 Å². The van der Waals surface area contributed by atoms with Crippen LogP contribution in [0, 0.1) is 11.7 Å². The molecule has 3 rings (SSSR count). The zero-order chi connectivity index (χ0) is 19.4. The van der Waals surface area contributed by atoms with Gasteiger partial charge in [-0.2, -0.15) is 4.31 Å². The van der Waals surface area contributed by atoms with Gasteiger partial charge < -0.3 is 9.64 Å². The maximum Gasteiger partial charge on any atom is 0.243 e. The van der Waals surface area contributed by atoms with E-state index in [4.69, 9.17) is 4.74 Å². The van der Waals surface area contributed by atoms with Gasteiger partial charge in [0.25, 0.3) is 0 Å². The van der Waals surface area contributed by atoms with Crippen LogP contribution in [0.1, 0.15) is 0 Å². The highest BCUT2D eigenvalue weighted by Gasteiger charge is 2.29. The molecule has 146 valence electrons. The number of benzene rings is 2. The van der Waals surface area contributed by atoms with Gasteiger partial charge in [-0.15, -0.1) is 0 Å². The van der Waals surface area contributed by atoms with E-state index >= 15 is 0 Å². The van der Waals surface area contributed by atoms with Gasteiger partial charge in [0.05, 0.1) is 18.1 Å². The summed E-state index contributed by atoms with van der Waals surface area (Å²) in [6, 6.07) is 12.8. The normalized spacial score (nSPS) is 19.2. The SMILES string of the molecule is CN(C)CC1COCCN(S(=O)(=O)c2cccc(-c3ccc(F)cc3)c2)C1. The Bertz CT molecular complexity index is 869. The molecule has 0 saturated carbocycles. The second-order valence-corrected chi connectivity index (χ2v) is 9.04. The lowest BCUT2D eigenvalue weighted by atomic mass is 10.1. The molecule has 5 nitrogen and oxygen atoms in total. The Balaban J connectivity index is 1.87. The van der Waals surface area contributed by atoms with Gasteiger partial charge in [0, 0.05) is 25.6 Å². The van der Waals surface area contributed by atoms with Crippen molar-refractivity contribution in [3.63, 3.8) is 0 Å². The van der Waals surface area contributed by atoms with Gasteiger partial charge in [0.2, 0.25) is 10.0 Å². The number of halogens is 1. The fourth-order valence-electron chi connectivity index (χ4n) is 3.32. The monoisotopic (exact) mass is 392 g/mol. The molecule has 1 unspecified atom stereocenters. The summed E-state index contributed by atoms with van der Waals surface area (Å²) >= 11 is 0. The minimum Gasteiger partial charge on any atom is -0.380 e. The second kappa shape index (κ2) is 8.48. The molecule has 2 aromatic rings. The predicted molar refractivity (Wildman–Crippen MR) is 103 cm³/mol. The summed E-state index contributed by atoms with van der Waals surface area (Å²) in [5.41, 5.74) is 1.52. The summed E-state index contributed by atoms with van der Waals surface area (Å²) in [6.07, 6.45) is 0. The second-order valence-electron chi connectivity index (χ2n) is 7.10. The molecule has 0 aliphatic carbocycles. The first kappa shape index (κ1) is 19.9. The van der Waals surface area contributed by atoms with Gasteiger partial charge in [0.15, 0.2) is 0 Å². The van der Waals surface area contributed by atoms with Gasteiger partial charge in [-0.25, -0.2) is 12.8 Å². The van der Waals surface area contributed by atoms with Crippen LogP contribution in [0.3, 0.4) is 0 Å². The van der Waals surface area contributed by atoms with Crippen LogP contribution in [0.4, 0.5) is 4.39 Å². The van der Waals surface area contributed by atoms with Crippen LogP contribution in [0.2, 0.25) is 0 Å². The van der Waals surface area contributed by atoms with Crippen molar-refractivity contribution < 1.29 is 17.5 Å². The molecule has 0 radical (unpaired) electrons. The van der Waals surface area contributed by atoms with Gasteiger partial charge in [-0.05, 0) is 49.5 Å². The average Bonchev–Trinajstić information content (AvgIpc) is 2.88. The van der Waals surface area contributed by atoms with Crippen molar-refractivity contribution in [1.29, 1.82) is 0 Å². The zero-order valence-electron chi connectivity index (χ0n) is 15.6. The fraction of sp³-hybridized carbons (Fsp3) is 0.400. The molecule has 0 N–H and O–H groups in total. The summed E-state index contributed by atoms with van der Waals surface area (Å²) in [6.45, 7) is 2.48. The third-order valence-corrected chi connectivity index (χ3v) is 6.43. The van der Waals surface area contributed by atoms with E-state index in [2.05, 4.69) is 0 Å². The van der Waals surface area contributed by atoms with Crippen molar-refractivity contribution >= 4 is 10.0 Å². The molecular weight excluding hydrogens is 367 g/mol. The van der Waals surface area contributed by atoms with Crippen molar-refractivity contribution in [1.82, 2.24) is 9.21 Å². The molecular formula is C20H25FN2O3S. The molecule has 0 aromatic heterocycles. The highest BCUT2D eigenvalue weighted by Crippen LogP contribution is 2.25. The lowest BCUT2D eigenvalue weighted by Gasteiger charge is -2.25. The third-order valence-electron chi connectivity index (χ3n) is 4.57. The standard InChI is InChI=1S/C20H25FN2O3S/c1-22(2)13-16-14-23(10-11-26-15-16)27(24,25)20-5-3-4-18(12-20)17-6-8-19(21)9-7-17/h3-9,12,16H,10-11,13-15H2,1-2H3. The molecule has 0 amide bonds. The van der Waals surface area contributed by atoms with Crippen LogP contribution in [-0.2, 0) is 14.8 Å². The Labute approximate surface area is 160 Å². The fourth-order valence-corrected chi connectivity index (χ4v) is 4.87. The number of rotatable bonds is 5. The maximum absolute atomic E-state index is 13.2. The van der Waals surface area contributed by atoms with Gasteiger partial charge in [0.1, 0.15) is 5.82 Å².